The highest BCUT2D eigenvalue weighted by Gasteiger charge is 2.13. The van der Waals surface area contributed by atoms with E-state index in [1.54, 1.807) is 6.92 Å². The van der Waals surface area contributed by atoms with Gasteiger partial charge in [-0.15, -0.1) is 0 Å². The van der Waals surface area contributed by atoms with Crippen LogP contribution in [-0.4, -0.2) is 17.2 Å². The second kappa shape index (κ2) is 5.44. The molecule has 0 saturated carbocycles. The third-order valence-corrected chi connectivity index (χ3v) is 1.41. The lowest BCUT2D eigenvalue weighted by Gasteiger charge is -2.00. The largest absolute Gasteiger partial charge is 0.501 e. The minimum Gasteiger partial charge on any atom is -0.501 e. The van der Waals surface area contributed by atoms with E-state index in [0.29, 0.717) is 12.2 Å². The van der Waals surface area contributed by atoms with Gasteiger partial charge in [-0.1, -0.05) is 23.2 Å². The van der Waals surface area contributed by atoms with Gasteiger partial charge < -0.3 is 4.74 Å². The van der Waals surface area contributed by atoms with Gasteiger partial charge >= 0.3 is 0 Å². The summed E-state index contributed by atoms with van der Waals surface area (Å²) in [5.41, 5.74) is 0.432. The Bertz CT molecular complexity index is 164. The van der Waals surface area contributed by atoms with Crippen LogP contribution in [0.15, 0.2) is 11.8 Å². The van der Waals surface area contributed by atoms with Crippen LogP contribution in [0.1, 0.15) is 13.8 Å². The summed E-state index contributed by atoms with van der Waals surface area (Å²) in [6, 6.07) is 0. The van der Waals surface area contributed by atoms with Crippen LogP contribution in [0.25, 0.3) is 0 Å². The molecule has 2 nitrogen and oxygen atoms in total. The molecular weight excluding hydrogens is 187 g/mol. The average Bonchev–Trinajstić information content (AvgIpc) is 1.98. The van der Waals surface area contributed by atoms with E-state index >= 15 is 0 Å². The Kier molecular flexibility index (Phi) is 5.34. The van der Waals surface area contributed by atoms with Crippen molar-refractivity contribution in [1.82, 2.24) is 0 Å². The Hall–Kier alpha value is -0.210. The van der Waals surface area contributed by atoms with E-state index in [4.69, 9.17) is 27.9 Å². The van der Waals surface area contributed by atoms with Gasteiger partial charge in [0.25, 0.3) is 0 Å². The van der Waals surface area contributed by atoms with Crippen molar-refractivity contribution in [1.29, 1.82) is 0 Å². The minimum absolute atomic E-state index is 0.318. The molecule has 0 spiro atoms. The lowest BCUT2D eigenvalue weighted by Crippen LogP contribution is -2.08. The molecule has 0 atom stereocenters. The van der Waals surface area contributed by atoms with Crippen LogP contribution >= 0.6 is 23.2 Å². The van der Waals surface area contributed by atoms with Crippen LogP contribution in [0.5, 0.6) is 0 Å². The molecular formula is C7H10Cl2O2. The first-order valence-electron chi connectivity index (χ1n) is 3.20. The summed E-state index contributed by atoms with van der Waals surface area (Å²) in [7, 11) is 0. The molecule has 0 aromatic rings. The fourth-order valence-electron chi connectivity index (χ4n) is 0.439. The van der Waals surface area contributed by atoms with Gasteiger partial charge in [0.1, 0.15) is 0 Å². The highest BCUT2D eigenvalue weighted by molar-refractivity contribution is 6.55. The number of allylic oxidation sites excluding steroid dienone is 1. The molecule has 0 aliphatic carbocycles. The van der Waals surface area contributed by atoms with E-state index in [9.17, 15) is 4.79 Å². The summed E-state index contributed by atoms with van der Waals surface area (Å²) in [4.78, 5) is 9.94. The number of alkyl halides is 2. The molecule has 0 aliphatic heterocycles. The standard InChI is InChI=1S/C7H10Cl2O2/c1-3-11-4-5(2)6(10)7(8)9/h4,7H,3H2,1-2H3/b5-4+. The summed E-state index contributed by atoms with van der Waals surface area (Å²) in [5.74, 6) is -0.318. The van der Waals surface area contributed by atoms with Gasteiger partial charge in [-0.05, 0) is 13.8 Å². The molecule has 0 saturated heterocycles. The van der Waals surface area contributed by atoms with E-state index in [1.807, 2.05) is 6.92 Å². The Labute approximate surface area is 76.1 Å². The zero-order valence-electron chi connectivity index (χ0n) is 6.43. The topological polar surface area (TPSA) is 26.3 Å². The van der Waals surface area contributed by atoms with Crippen LogP contribution < -0.4 is 0 Å². The van der Waals surface area contributed by atoms with Crippen LogP contribution in [-0.2, 0) is 9.53 Å². The molecule has 0 fully saturated rings. The van der Waals surface area contributed by atoms with Gasteiger partial charge in [-0.25, -0.2) is 0 Å². The van der Waals surface area contributed by atoms with Crippen LogP contribution in [0.3, 0.4) is 0 Å². The van der Waals surface area contributed by atoms with E-state index < -0.39 is 4.84 Å². The van der Waals surface area contributed by atoms with E-state index in [-0.39, 0.29) is 5.78 Å². The molecule has 0 radical (unpaired) electrons. The number of halogens is 2. The maximum Gasteiger partial charge on any atom is 0.194 e. The van der Waals surface area contributed by atoms with Gasteiger partial charge in [0, 0.05) is 5.57 Å². The summed E-state index contributed by atoms with van der Waals surface area (Å²) in [5, 5.41) is 0. The Morgan fingerprint density at radius 1 is 1.64 bits per heavy atom. The lowest BCUT2D eigenvalue weighted by atomic mass is 10.2. The second-order valence-electron chi connectivity index (χ2n) is 1.92. The summed E-state index contributed by atoms with van der Waals surface area (Å²) in [6.45, 7) is 3.96. The second-order valence-corrected chi connectivity index (χ2v) is 3.02. The first-order chi connectivity index (χ1) is 5.09. The molecule has 0 heterocycles. The number of carbonyl (C=O) groups is 1. The number of ketones is 1. The third kappa shape index (κ3) is 4.27. The highest BCUT2D eigenvalue weighted by Crippen LogP contribution is 2.09. The molecule has 0 aromatic heterocycles. The Balaban J connectivity index is 4.01. The number of ether oxygens (including phenoxy) is 1. The van der Waals surface area contributed by atoms with Crippen LogP contribution in [0, 0.1) is 0 Å². The molecule has 11 heavy (non-hydrogen) atoms. The molecule has 0 bridgehead atoms. The SMILES string of the molecule is CCO/C=C(\C)C(=O)C(Cl)Cl. The Morgan fingerprint density at radius 3 is 2.55 bits per heavy atom. The first-order valence-corrected chi connectivity index (χ1v) is 4.07. The van der Waals surface area contributed by atoms with Crippen molar-refractivity contribution in [3.63, 3.8) is 0 Å². The average molecular weight is 197 g/mol. The number of rotatable bonds is 4. The van der Waals surface area contributed by atoms with Gasteiger partial charge in [-0.3, -0.25) is 4.79 Å². The van der Waals surface area contributed by atoms with Gasteiger partial charge in [0.2, 0.25) is 0 Å². The third-order valence-electron chi connectivity index (χ3n) is 1.01. The van der Waals surface area contributed by atoms with Crippen molar-refractivity contribution in [2.24, 2.45) is 0 Å². The van der Waals surface area contributed by atoms with Gasteiger partial charge in [-0.2, -0.15) is 0 Å². The fraction of sp³-hybridized carbons (Fsp3) is 0.571. The first kappa shape index (κ1) is 10.8. The minimum atomic E-state index is -0.994. The van der Waals surface area contributed by atoms with Crippen LogP contribution in [0.2, 0.25) is 0 Å². The summed E-state index contributed by atoms with van der Waals surface area (Å²) in [6.07, 6.45) is 1.36. The van der Waals surface area contributed by atoms with Crippen molar-refractivity contribution in [3.05, 3.63) is 11.8 Å². The molecule has 0 unspecified atom stereocenters. The fourth-order valence-corrected chi connectivity index (χ4v) is 0.783. The van der Waals surface area contributed by atoms with Crippen molar-refractivity contribution < 1.29 is 9.53 Å². The monoisotopic (exact) mass is 196 g/mol. The van der Waals surface area contributed by atoms with E-state index in [0.717, 1.165) is 0 Å². The lowest BCUT2D eigenvalue weighted by molar-refractivity contribution is -0.114. The van der Waals surface area contributed by atoms with Crippen molar-refractivity contribution >= 4 is 29.0 Å². The smallest absolute Gasteiger partial charge is 0.194 e. The number of hydrogen-bond acceptors (Lipinski definition) is 2. The van der Waals surface area contributed by atoms with Gasteiger partial charge in [0.05, 0.1) is 12.9 Å². The molecule has 64 valence electrons. The van der Waals surface area contributed by atoms with Crippen molar-refractivity contribution in [2.75, 3.05) is 6.61 Å². The molecule has 0 N–H and O–H groups in total. The zero-order valence-corrected chi connectivity index (χ0v) is 7.95. The predicted octanol–water partition coefficient (Wildman–Crippen LogP) is 2.30. The maximum absolute atomic E-state index is 10.9. The quantitative estimate of drug-likeness (QED) is 0.392. The van der Waals surface area contributed by atoms with Crippen molar-refractivity contribution in [3.8, 4) is 0 Å². The highest BCUT2D eigenvalue weighted by atomic mass is 35.5. The molecule has 4 heteroatoms. The number of carbonyl (C=O) groups excluding carboxylic acids is 1. The van der Waals surface area contributed by atoms with E-state index in [1.165, 1.54) is 6.26 Å². The van der Waals surface area contributed by atoms with Crippen LogP contribution in [0.4, 0.5) is 0 Å². The summed E-state index contributed by atoms with van der Waals surface area (Å²) >= 11 is 10.6. The zero-order chi connectivity index (χ0) is 8.85. The normalized spacial score (nSPS) is 11.9. The van der Waals surface area contributed by atoms with E-state index in [2.05, 4.69) is 0 Å². The maximum atomic E-state index is 10.9. The number of hydrogen-bond donors (Lipinski definition) is 0. The number of Topliss-reactive ketones (excluding diaryl/α,β-unsaturated/α-hetero) is 1. The molecule has 0 rings (SSSR count). The Morgan fingerprint density at radius 2 is 2.18 bits per heavy atom. The molecule has 0 amide bonds. The molecule has 0 aliphatic rings. The molecule has 0 aromatic carbocycles. The predicted molar refractivity (Wildman–Crippen MR) is 45.9 cm³/mol. The van der Waals surface area contributed by atoms with Crippen molar-refractivity contribution in [2.45, 2.75) is 18.7 Å². The summed E-state index contributed by atoms with van der Waals surface area (Å²) < 4.78 is 4.87. The van der Waals surface area contributed by atoms with Gasteiger partial charge in [0.15, 0.2) is 10.6 Å².